The van der Waals surface area contributed by atoms with Gasteiger partial charge in [0.2, 0.25) is 0 Å². The van der Waals surface area contributed by atoms with E-state index in [0.717, 1.165) is 45.3 Å². The second-order valence-electron chi connectivity index (χ2n) is 5.92. The van der Waals surface area contributed by atoms with E-state index in [1.54, 1.807) is 0 Å². The summed E-state index contributed by atoms with van der Waals surface area (Å²) in [6.45, 7) is 4.53. The maximum absolute atomic E-state index is 11.6. The van der Waals surface area contributed by atoms with Crippen LogP contribution in [0.1, 0.15) is 43.7 Å². The van der Waals surface area contributed by atoms with E-state index in [-0.39, 0.29) is 0 Å². The Morgan fingerprint density at radius 1 is 1.33 bits per heavy atom. The molecule has 0 saturated carbocycles. The van der Waals surface area contributed by atoms with Crippen LogP contribution in [0.25, 0.3) is 0 Å². The van der Waals surface area contributed by atoms with E-state index < -0.39 is 11.4 Å². The first kappa shape index (κ1) is 15.5. The maximum Gasteiger partial charge on any atom is 0.309 e. The summed E-state index contributed by atoms with van der Waals surface area (Å²) in [5.41, 5.74) is 1.33. The quantitative estimate of drug-likeness (QED) is 0.903. The van der Waals surface area contributed by atoms with Gasteiger partial charge in [0.25, 0.3) is 0 Å². The number of piperidine rings is 1. The van der Waals surface area contributed by atoms with Crippen molar-refractivity contribution < 1.29 is 9.90 Å². The van der Waals surface area contributed by atoms with Crippen LogP contribution in [0.4, 0.5) is 0 Å². The fraction of sp³-hybridized carbons (Fsp3) is 0.529. The lowest BCUT2D eigenvalue weighted by Gasteiger charge is -2.38. The lowest BCUT2D eigenvalue weighted by Crippen LogP contribution is -2.44. The Morgan fingerprint density at radius 2 is 1.95 bits per heavy atom. The Balaban J connectivity index is 1.94. The van der Waals surface area contributed by atoms with Gasteiger partial charge >= 0.3 is 5.97 Å². The molecule has 1 heterocycles. The van der Waals surface area contributed by atoms with Gasteiger partial charge in [-0.15, -0.1) is 0 Å². The molecule has 0 radical (unpaired) electrons. The fourth-order valence-electron chi connectivity index (χ4n) is 3.13. The average Bonchev–Trinajstić information content (AvgIpc) is 2.50. The summed E-state index contributed by atoms with van der Waals surface area (Å²) in [5, 5.41) is 18.3. The minimum atomic E-state index is -0.637. The first-order valence-corrected chi connectivity index (χ1v) is 7.54. The molecule has 4 nitrogen and oxygen atoms in total. The van der Waals surface area contributed by atoms with Crippen molar-refractivity contribution in [2.24, 2.45) is 5.41 Å². The van der Waals surface area contributed by atoms with Crippen molar-refractivity contribution in [3.63, 3.8) is 0 Å². The van der Waals surface area contributed by atoms with E-state index >= 15 is 0 Å². The molecule has 112 valence electrons. The molecular weight excluding hydrogens is 264 g/mol. The van der Waals surface area contributed by atoms with Crippen LogP contribution in [0.5, 0.6) is 0 Å². The molecule has 21 heavy (non-hydrogen) atoms. The third-order valence-corrected chi connectivity index (χ3v) is 4.48. The fourth-order valence-corrected chi connectivity index (χ4v) is 3.13. The molecule has 1 aliphatic heterocycles. The molecule has 0 aliphatic carbocycles. The van der Waals surface area contributed by atoms with E-state index in [1.165, 1.54) is 5.56 Å². The second-order valence-corrected chi connectivity index (χ2v) is 5.92. The van der Waals surface area contributed by atoms with Crippen LogP contribution >= 0.6 is 0 Å². The Hall–Kier alpha value is -1.86. The molecule has 0 aromatic heterocycles. The monoisotopic (exact) mass is 286 g/mol. The summed E-state index contributed by atoms with van der Waals surface area (Å²) >= 11 is 0. The molecule has 4 heteroatoms. The highest BCUT2D eigenvalue weighted by molar-refractivity contribution is 5.74. The van der Waals surface area contributed by atoms with Crippen LogP contribution in [0.3, 0.4) is 0 Å². The molecule has 1 saturated heterocycles. The number of benzene rings is 1. The van der Waals surface area contributed by atoms with Gasteiger partial charge in [0, 0.05) is 6.54 Å². The second kappa shape index (κ2) is 6.73. The van der Waals surface area contributed by atoms with Gasteiger partial charge in [0.1, 0.15) is 0 Å². The lowest BCUT2D eigenvalue weighted by molar-refractivity contribution is -0.152. The summed E-state index contributed by atoms with van der Waals surface area (Å²) in [7, 11) is 0. The number of nitriles is 1. The lowest BCUT2D eigenvalue weighted by atomic mass is 9.75. The summed E-state index contributed by atoms with van der Waals surface area (Å²) in [6, 6.07) is 9.73. The van der Waals surface area contributed by atoms with Gasteiger partial charge in [-0.3, -0.25) is 9.69 Å². The number of hydrogen-bond donors (Lipinski definition) is 1. The van der Waals surface area contributed by atoms with Crippen molar-refractivity contribution in [3.05, 3.63) is 35.4 Å². The highest BCUT2D eigenvalue weighted by Crippen LogP contribution is 2.36. The van der Waals surface area contributed by atoms with E-state index in [4.69, 9.17) is 5.26 Å². The minimum Gasteiger partial charge on any atom is -0.481 e. The zero-order valence-electron chi connectivity index (χ0n) is 12.5. The topological polar surface area (TPSA) is 64.3 Å². The summed E-state index contributed by atoms with van der Waals surface area (Å²) in [6.07, 6.45) is 3.15. The highest BCUT2D eigenvalue weighted by Gasteiger charge is 2.40. The molecule has 0 bridgehead atoms. The van der Waals surface area contributed by atoms with Gasteiger partial charge in [0.05, 0.1) is 17.0 Å². The zero-order valence-corrected chi connectivity index (χ0v) is 12.5. The number of hydrogen-bond acceptors (Lipinski definition) is 3. The predicted molar refractivity (Wildman–Crippen MR) is 80.6 cm³/mol. The molecule has 2 rings (SSSR count). The van der Waals surface area contributed by atoms with Gasteiger partial charge in [0.15, 0.2) is 0 Å². The van der Waals surface area contributed by atoms with Crippen molar-refractivity contribution in [1.29, 1.82) is 5.26 Å². The van der Waals surface area contributed by atoms with Crippen molar-refractivity contribution >= 4 is 5.97 Å². The average molecular weight is 286 g/mol. The third-order valence-electron chi connectivity index (χ3n) is 4.48. The normalized spacial score (nSPS) is 18.1. The standard InChI is InChI=1S/C17H22N2O2/c1-2-7-17(16(20)21)8-10-19(11-9-17)13-15-5-3-14(12-18)4-6-15/h3-6H,2,7-11,13H2,1H3,(H,20,21). The Bertz CT molecular complexity index is 523. The van der Waals surface area contributed by atoms with Crippen LogP contribution < -0.4 is 0 Å². The first-order valence-electron chi connectivity index (χ1n) is 7.54. The molecule has 0 spiro atoms. The van der Waals surface area contributed by atoms with Crippen molar-refractivity contribution in [3.8, 4) is 6.07 Å². The van der Waals surface area contributed by atoms with Crippen molar-refractivity contribution in [2.45, 2.75) is 39.2 Å². The Labute approximate surface area is 126 Å². The number of carbonyl (C=O) groups is 1. The van der Waals surface area contributed by atoms with Crippen LogP contribution in [-0.2, 0) is 11.3 Å². The van der Waals surface area contributed by atoms with Crippen molar-refractivity contribution in [1.82, 2.24) is 4.90 Å². The molecule has 1 aromatic carbocycles. The third kappa shape index (κ3) is 3.62. The van der Waals surface area contributed by atoms with Crippen LogP contribution in [-0.4, -0.2) is 29.1 Å². The SMILES string of the molecule is CCCC1(C(=O)O)CCN(Cc2ccc(C#N)cc2)CC1. The van der Waals surface area contributed by atoms with E-state index in [9.17, 15) is 9.90 Å². The van der Waals surface area contributed by atoms with Gasteiger partial charge in [-0.1, -0.05) is 25.5 Å². The Morgan fingerprint density at radius 3 is 2.43 bits per heavy atom. The smallest absolute Gasteiger partial charge is 0.309 e. The number of rotatable bonds is 5. The minimum absolute atomic E-state index is 0.518. The molecule has 0 amide bonds. The van der Waals surface area contributed by atoms with Gasteiger partial charge in [-0.05, 0) is 50.0 Å². The number of likely N-dealkylation sites (tertiary alicyclic amines) is 1. The number of nitrogens with zero attached hydrogens (tertiary/aromatic N) is 2. The molecule has 1 fully saturated rings. The van der Waals surface area contributed by atoms with E-state index in [1.807, 2.05) is 31.2 Å². The van der Waals surface area contributed by atoms with Crippen LogP contribution in [0, 0.1) is 16.7 Å². The van der Waals surface area contributed by atoms with Crippen LogP contribution in [0.2, 0.25) is 0 Å². The predicted octanol–water partition coefficient (Wildman–Crippen LogP) is 3.03. The largest absolute Gasteiger partial charge is 0.481 e. The summed E-state index contributed by atoms with van der Waals surface area (Å²) in [5.74, 6) is -0.637. The summed E-state index contributed by atoms with van der Waals surface area (Å²) < 4.78 is 0. The number of carboxylic acids is 1. The Kier molecular flexibility index (Phi) is 4.98. The number of aliphatic carboxylic acids is 1. The molecule has 1 aromatic rings. The van der Waals surface area contributed by atoms with E-state index in [0.29, 0.717) is 5.56 Å². The molecule has 0 unspecified atom stereocenters. The first-order chi connectivity index (χ1) is 10.1. The molecule has 1 N–H and O–H groups in total. The van der Waals surface area contributed by atoms with Crippen molar-refractivity contribution in [2.75, 3.05) is 13.1 Å². The van der Waals surface area contributed by atoms with E-state index in [2.05, 4.69) is 11.0 Å². The zero-order chi connectivity index (χ0) is 15.3. The number of carboxylic acid groups (broad SMARTS) is 1. The van der Waals surface area contributed by atoms with Gasteiger partial charge in [-0.2, -0.15) is 5.26 Å². The summed E-state index contributed by atoms with van der Waals surface area (Å²) in [4.78, 5) is 13.9. The van der Waals surface area contributed by atoms with Crippen LogP contribution in [0.15, 0.2) is 24.3 Å². The van der Waals surface area contributed by atoms with Gasteiger partial charge < -0.3 is 5.11 Å². The maximum atomic E-state index is 11.6. The van der Waals surface area contributed by atoms with Gasteiger partial charge in [-0.25, -0.2) is 0 Å². The molecular formula is C17H22N2O2. The molecule has 0 atom stereocenters. The highest BCUT2D eigenvalue weighted by atomic mass is 16.4. The molecule has 1 aliphatic rings.